The lowest BCUT2D eigenvalue weighted by molar-refractivity contribution is 0.0914. The van der Waals surface area contributed by atoms with E-state index < -0.39 is 0 Å². The van der Waals surface area contributed by atoms with E-state index in [0.717, 1.165) is 18.8 Å². The van der Waals surface area contributed by atoms with Crippen molar-refractivity contribution in [2.75, 3.05) is 23.3 Å². The molecule has 2 N–H and O–H groups in total. The minimum absolute atomic E-state index is 0.227. The van der Waals surface area contributed by atoms with Crippen LogP contribution in [0.15, 0.2) is 36.7 Å². The van der Waals surface area contributed by atoms with E-state index >= 15 is 0 Å². The Balaban J connectivity index is 2.02. The molecular formula is C19H27N5O. The van der Waals surface area contributed by atoms with Crippen LogP contribution in [0.5, 0.6) is 0 Å². The fourth-order valence-electron chi connectivity index (χ4n) is 2.41. The summed E-state index contributed by atoms with van der Waals surface area (Å²) in [5.41, 5.74) is 2.12. The Kier molecular flexibility index (Phi) is 5.96. The first-order chi connectivity index (χ1) is 11.8. The van der Waals surface area contributed by atoms with Crippen LogP contribution >= 0.6 is 0 Å². The molecule has 0 spiro atoms. The maximum Gasteiger partial charge on any atom is 0.271 e. The lowest BCUT2D eigenvalue weighted by Gasteiger charge is -2.21. The lowest BCUT2D eigenvalue weighted by Crippen LogP contribution is -2.40. The van der Waals surface area contributed by atoms with Crippen LogP contribution in [-0.2, 0) is 0 Å². The van der Waals surface area contributed by atoms with E-state index in [1.807, 2.05) is 32.9 Å². The Hall–Kier alpha value is -2.63. The Labute approximate surface area is 149 Å². The average Bonchev–Trinajstić information content (AvgIpc) is 2.56. The Morgan fingerprint density at radius 3 is 2.16 bits per heavy atom. The van der Waals surface area contributed by atoms with Crippen molar-refractivity contribution in [1.82, 2.24) is 15.3 Å². The van der Waals surface area contributed by atoms with Gasteiger partial charge in [0.25, 0.3) is 5.91 Å². The van der Waals surface area contributed by atoms with E-state index in [4.69, 9.17) is 0 Å². The largest absolute Gasteiger partial charge is 0.372 e. The number of benzene rings is 1. The molecule has 0 unspecified atom stereocenters. The summed E-state index contributed by atoms with van der Waals surface area (Å²) in [6, 6.07) is 8.17. The zero-order chi connectivity index (χ0) is 18.4. The molecule has 2 rings (SSSR count). The molecule has 0 aliphatic heterocycles. The van der Waals surface area contributed by atoms with E-state index in [2.05, 4.69) is 51.5 Å². The quantitative estimate of drug-likeness (QED) is 0.840. The summed E-state index contributed by atoms with van der Waals surface area (Å²) >= 11 is 0. The van der Waals surface area contributed by atoms with Gasteiger partial charge in [0.05, 0.1) is 12.4 Å². The van der Waals surface area contributed by atoms with Crippen molar-refractivity contribution in [1.29, 1.82) is 0 Å². The molecule has 0 bridgehead atoms. The van der Waals surface area contributed by atoms with E-state index in [-0.39, 0.29) is 11.4 Å². The van der Waals surface area contributed by atoms with Crippen molar-refractivity contribution >= 4 is 23.1 Å². The van der Waals surface area contributed by atoms with E-state index in [1.165, 1.54) is 11.9 Å². The second kappa shape index (κ2) is 7.96. The molecule has 0 fully saturated rings. The standard InChI is InChI=1S/C19H27N5O/c1-6-24(7-2)15-10-8-14(9-11-15)22-17-13-20-16(12-21-17)18(25)23-19(3,4)5/h8-13H,6-7H2,1-5H3,(H,21,22)(H,23,25). The highest BCUT2D eigenvalue weighted by Crippen LogP contribution is 2.20. The van der Waals surface area contributed by atoms with Gasteiger partial charge >= 0.3 is 0 Å². The van der Waals surface area contributed by atoms with Crippen LogP contribution in [0.3, 0.4) is 0 Å². The highest BCUT2D eigenvalue weighted by atomic mass is 16.2. The SMILES string of the molecule is CCN(CC)c1ccc(Nc2cnc(C(=O)NC(C)(C)C)cn2)cc1. The molecule has 134 valence electrons. The Morgan fingerprint density at radius 2 is 1.68 bits per heavy atom. The van der Waals surface area contributed by atoms with Crippen LogP contribution in [0.4, 0.5) is 17.2 Å². The third kappa shape index (κ3) is 5.45. The van der Waals surface area contributed by atoms with Gasteiger partial charge in [-0.2, -0.15) is 0 Å². The minimum Gasteiger partial charge on any atom is -0.372 e. The molecular weight excluding hydrogens is 314 g/mol. The first kappa shape index (κ1) is 18.7. The molecule has 0 saturated carbocycles. The number of nitrogens with zero attached hydrogens (tertiary/aromatic N) is 3. The Morgan fingerprint density at radius 1 is 1.04 bits per heavy atom. The number of hydrogen-bond acceptors (Lipinski definition) is 5. The molecule has 6 heteroatoms. The van der Waals surface area contributed by atoms with Gasteiger partial charge in [0, 0.05) is 30.0 Å². The normalized spacial score (nSPS) is 11.1. The van der Waals surface area contributed by atoms with E-state index in [9.17, 15) is 4.79 Å². The van der Waals surface area contributed by atoms with Gasteiger partial charge in [0.2, 0.25) is 0 Å². The van der Waals surface area contributed by atoms with Gasteiger partial charge in [-0.05, 0) is 58.9 Å². The topological polar surface area (TPSA) is 70.2 Å². The highest BCUT2D eigenvalue weighted by Gasteiger charge is 2.16. The number of hydrogen-bond donors (Lipinski definition) is 2. The predicted molar refractivity (Wildman–Crippen MR) is 103 cm³/mol. The zero-order valence-corrected chi connectivity index (χ0v) is 15.6. The maximum absolute atomic E-state index is 12.0. The Bertz CT molecular complexity index is 685. The molecule has 6 nitrogen and oxygen atoms in total. The number of anilines is 3. The maximum atomic E-state index is 12.0. The highest BCUT2D eigenvalue weighted by molar-refractivity contribution is 5.92. The van der Waals surface area contributed by atoms with Crippen LogP contribution in [0.1, 0.15) is 45.1 Å². The van der Waals surface area contributed by atoms with Gasteiger partial charge in [-0.3, -0.25) is 4.79 Å². The van der Waals surface area contributed by atoms with Crippen molar-refractivity contribution in [2.45, 2.75) is 40.2 Å². The molecule has 0 atom stereocenters. The number of carbonyl (C=O) groups excluding carboxylic acids is 1. The van der Waals surface area contributed by atoms with Crippen molar-refractivity contribution in [3.8, 4) is 0 Å². The third-order valence-electron chi connectivity index (χ3n) is 3.64. The second-order valence-corrected chi connectivity index (χ2v) is 6.84. The summed E-state index contributed by atoms with van der Waals surface area (Å²) in [6.45, 7) is 12.0. The molecule has 0 aliphatic carbocycles. The summed E-state index contributed by atoms with van der Waals surface area (Å²) in [5.74, 6) is 0.373. The summed E-state index contributed by atoms with van der Waals surface area (Å²) in [4.78, 5) is 22.8. The minimum atomic E-state index is -0.303. The van der Waals surface area contributed by atoms with Gasteiger partial charge in [0.15, 0.2) is 0 Å². The molecule has 0 radical (unpaired) electrons. The predicted octanol–water partition coefficient (Wildman–Crippen LogP) is 3.59. The van der Waals surface area contributed by atoms with E-state index in [0.29, 0.717) is 11.5 Å². The van der Waals surface area contributed by atoms with Crippen molar-refractivity contribution < 1.29 is 4.79 Å². The van der Waals surface area contributed by atoms with Gasteiger partial charge in [-0.1, -0.05) is 0 Å². The van der Waals surface area contributed by atoms with Gasteiger partial charge in [-0.25, -0.2) is 9.97 Å². The number of aromatic nitrogens is 2. The molecule has 1 aromatic carbocycles. The molecule has 25 heavy (non-hydrogen) atoms. The third-order valence-corrected chi connectivity index (χ3v) is 3.64. The van der Waals surface area contributed by atoms with Crippen LogP contribution in [0, 0.1) is 0 Å². The summed E-state index contributed by atoms with van der Waals surface area (Å²) in [6.07, 6.45) is 3.05. The lowest BCUT2D eigenvalue weighted by atomic mass is 10.1. The number of carbonyl (C=O) groups is 1. The zero-order valence-electron chi connectivity index (χ0n) is 15.6. The van der Waals surface area contributed by atoms with Crippen molar-refractivity contribution in [2.24, 2.45) is 0 Å². The fraction of sp³-hybridized carbons (Fsp3) is 0.421. The van der Waals surface area contributed by atoms with Crippen LogP contribution in [-0.4, -0.2) is 34.5 Å². The number of nitrogens with one attached hydrogen (secondary N) is 2. The fourth-order valence-corrected chi connectivity index (χ4v) is 2.41. The molecule has 0 aliphatic rings. The molecule has 1 amide bonds. The van der Waals surface area contributed by atoms with Crippen molar-refractivity contribution in [3.05, 3.63) is 42.4 Å². The monoisotopic (exact) mass is 341 g/mol. The molecule has 1 aromatic heterocycles. The second-order valence-electron chi connectivity index (χ2n) is 6.84. The number of rotatable bonds is 6. The molecule has 0 saturated heterocycles. The average molecular weight is 341 g/mol. The number of amides is 1. The van der Waals surface area contributed by atoms with Gasteiger partial charge in [-0.15, -0.1) is 0 Å². The summed E-state index contributed by atoms with van der Waals surface area (Å²) in [7, 11) is 0. The summed E-state index contributed by atoms with van der Waals surface area (Å²) in [5, 5.41) is 6.06. The first-order valence-corrected chi connectivity index (χ1v) is 8.59. The smallest absolute Gasteiger partial charge is 0.271 e. The molecule has 2 aromatic rings. The van der Waals surface area contributed by atoms with Crippen LogP contribution in [0.2, 0.25) is 0 Å². The van der Waals surface area contributed by atoms with Crippen LogP contribution < -0.4 is 15.5 Å². The van der Waals surface area contributed by atoms with Crippen molar-refractivity contribution in [3.63, 3.8) is 0 Å². The molecule has 1 heterocycles. The van der Waals surface area contributed by atoms with Crippen LogP contribution in [0.25, 0.3) is 0 Å². The van der Waals surface area contributed by atoms with Gasteiger partial charge < -0.3 is 15.5 Å². The summed E-state index contributed by atoms with van der Waals surface area (Å²) < 4.78 is 0. The van der Waals surface area contributed by atoms with Gasteiger partial charge in [0.1, 0.15) is 11.5 Å². The first-order valence-electron chi connectivity index (χ1n) is 8.59. The van der Waals surface area contributed by atoms with E-state index in [1.54, 1.807) is 6.20 Å².